The Morgan fingerprint density at radius 3 is 2.81 bits per heavy atom. The van der Waals surface area contributed by atoms with Gasteiger partial charge in [-0.15, -0.1) is 0 Å². The summed E-state index contributed by atoms with van der Waals surface area (Å²) in [5, 5.41) is 7.24. The first-order valence-corrected chi connectivity index (χ1v) is 7.60. The van der Waals surface area contributed by atoms with Crippen molar-refractivity contribution >= 4 is 27.5 Å². The first-order valence-electron chi connectivity index (χ1n) is 6.81. The number of fused-ring (bicyclic) bond motifs is 1. The van der Waals surface area contributed by atoms with Gasteiger partial charge in [-0.25, -0.2) is 9.50 Å². The molecule has 1 N–H and O–H groups in total. The van der Waals surface area contributed by atoms with E-state index in [4.69, 9.17) is 0 Å². The van der Waals surface area contributed by atoms with Crippen molar-refractivity contribution < 1.29 is 4.79 Å². The highest BCUT2D eigenvalue weighted by atomic mass is 79.9. The SMILES string of the molecule is C=C(Br)CNC(=O)CCc1c(C)nc2cc(C)nn2c1C. The predicted octanol–water partition coefficient (Wildman–Crippen LogP) is 2.61. The van der Waals surface area contributed by atoms with E-state index in [1.54, 1.807) is 0 Å². The molecule has 0 aliphatic carbocycles. The lowest BCUT2D eigenvalue weighted by molar-refractivity contribution is -0.120. The van der Waals surface area contributed by atoms with Crippen molar-refractivity contribution in [3.8, 4) is 0 Å². The van der Waals surface area contributed by atoms with Crippen molar-refractivity contribution in [3.05, 3.63) is 39.8 Å². The number of carbonyl (C=O) groups excluding carboxylic acids is 1. The number of aryl methyl sites for hydroxylation is 3. The summed E-state index contributed by atoms with van der Waals surface area (Å²) in [6.45, 7) is 10.1. The molecule has 0 atom stereocenters. The maximum absolute atomic E-state index is 11.8. The van der Waals surface area contributed by atoms with Gasteiger partial charge in [0.05, 0.1) is 5.69 Å². The molecule has 2 rings (SSSR count). The molecule has 2 aromatic heterocycles. The second-order valence-electron chi connectivity index (χ2n) is 5.11. The van der Waals surface area contributed by atoms with E-state index in [1.165, 1.54) is 0 Å². The zero-order valence-electron chi connectivity index (χ0n) is 12.5. The number of hydrogen-bond donors (Lipinski definition) is 1. The van der Waals surface area contributed by atoms with Gasteiger partial charge in [-0.3, -0.25) is 4.79 Å². The number of halogens is 1. The van der Waals surface area contributed by atoms with Gasteiger partial charge in [-0.2, -0.15) is 5.10 Å². The Balaban J connectivity index is 2.14. The average molecular weight is 351 g/mol. The lowest BCUT2D eigenvalue weighted by atomic mass is 10.1. The molecule has 2 aromatic rings. The van der Waals surface area contributed by atoms with Crippen LogP contribution >= 0.6 is 15.9 Å². The monoisotopic (exact) mass is 350 g/mol. The van der Waals surface area contributed by atoms with Gasteiger partial charge in [0.2, 0.25) is 5.91 Å². The highest BCUT2D eigenvalue weighted by Gasteiger charge is 2.12. The highest BCUT2D eigenvalue weighted by molar-refractivity contribution is 9.11. The number of nitrogens with one attached hydrogen (secondary N) is 1. The molecule has 0 unspecified atom stereocenters. The Kier molecular flexibility index (Phi) is 4.77. The van der Waals surface area contributed by atoms with Crippen LogP contribution in [0, 0.1) is 20.8 Å². The number of nitrogens with zero attached hydrogens (tertiary/aromatic N) is 3. The molecule has 0 radical (unpaired) electrons. The maximum Gasteiger partial charge on any atom is 0.220 e. The van der Waals surface area contributed by atoms with Crippen LogP contribution in [0.15, 0.2) is 17.1 Å². The van der Waals surface area contributed by atoms with E-state index < -0.39 is 0 Å². The molecule has 0 aliphatic heterocycles. The summed E-state index contributed by atoms with van der Waals surface area (Å²) in [4.78, 5) is 16.4. The third kappa shape index (κ3) is 3.69. The fourth-order valence-electron chi connectivity index (χ4n) is 2.32. The lowest BCUT2D eigenvalue weighted by Crippen LogP contribution is -2.24. The molecule has 0 bridgehead atoms. The molecule has 0 aromatic carbocycles. The smallest absolute Gasteiger partial charge is 0.220 e. The fraction of sp³-hybridized carbons (Fsp3) is 0.400. The van der Waals surface area contributed by atoms with Crippen LogP contribution in [-0.4, -0.2) is 27.0 Å². The number of aromatic nitrogens is 3. The van der Waals surface area contributed by atoms with Gasteiger partial charge in [0.15, 0.2) is 5.65 Å². The zero-order chi connectivity index (χ0) is 15.6. The molecule has 2 heterocycles. The van der Waals surface area contributed by atoms with Gasteiger partial charge >= 0.3 is 0 Å². The van der Waals surface area contributed by atoms with E-state index >= 15 is 0 Å². The highest BCUT2D eigenvalue weighted by Crippen LogP contribution is 2.17. The summed E-state index contributed by atoms with van der Waals surface area (Å²) in [7, 11) is 0. The van der Waals surface area contributed by atoms with Crippen molar-refractivity contribution in [2.75, 3.05) is 6.54 Å². The minimum Gasteiger partial charge on any atom is -0.352 e. The van der Waals surface area contributed by atoms with E-state index in [-0.39, 0.29) is 5.91 Å². The number of rotatable bonds is 5. The Bertz CT molecular complexity index is 705. The molecule has 0 aliphatic rings. The first kappa shape index (κ1) is 15.7. The molecule has 5 nitrogen and oxygen atoms in total. The van der Waals surface area contributed by atoms with E-state index in [0.29, 0.717) is 19.4 Å². The van der Waals surface area contributed by atoms with Gasteiger partial charge < -0.3 is 5.32 Å². The number of hydrogen-bond acceptors (Lipinski definition) is 3. The van der Waals surface area contributed by atoms with Gasteiger partial charge in [0, 0.05) is 34.9 Å². The molecule has 6 heteroatoms. The maximum atomic E-state index is 11.8. The van der Waals surface area contributed by atoms with E-state index in [1.807, 2.05) is 31.4 Å². The lowest BCUT2D eigenvalue weighted by Gasteiger charge is -2.11. The van der Waals surface area contributed by atoms with Crippen LogP contribution in [0.5, 0.6) is 0 Å². The topological polar surface area (TPSA) is 59.3 Å². The molecular weight excluding hydrogens is 332 g/mol. The second kappa shape index (κ2) is 6.39. The molecule has 0 spiro atoms. The van der Waals surface area contributed by atoms with Gasteiger partial charge in [-0.05, 0) is 32.8 Å². The third-order valence-electron chi connectivity index (χ3n) is 3.37. The normalized spacial score (nSPS) is 10.9. The molecular formula is C15H19BrN4O. The summed E-state index contributed by atoms with van der Waals surface area (Å²) in [6.07, 6.45) is 1.08. The van der Waals surface area contributed by atoms with Crippen molar-refractivity contribution in [2.24, 2.45) is 0 Å². The van der Waals surface area contributed by atoms with Crippen LogP contribution in [0.1, 0.15) is 29.1 Å². The van der Waals surface area contributed by atoms with Gasteiger partial charge in [-0.1, -0.05) is 22.5 Å². The summed E-state index contributed by atoms with van der Waals surface area (Å²) in [5.41, 5.74) is 4.88. The fourth-order valence-corrected chi connectivity index (χ4v) is 2.46. The standard InChI is InChI=1S/C15H19BrN4O/c1-9(16)8-17-15(21)6-5-13-11(3)18-14-7-10(2)19-20(14)12(13)4/h7H,1,5-6,8H2,2-4H3,(H,17,21). The first-order chi connectivity index (χ1) is 9.88. The third-order valence-corrected chi connectivity index (χ3v) is 3.65. The van der Waals surface area contributed by atoms with Crippen LogP contribution in [0.25, 0.3) is 5.65 Å². The average Bonchev–Trinajstić information content (AvgIpc) is 2.76. The van der Waals surface area contributed by atoms with Crippen molar-refractivity contribution in [1.29, 1.82) is 0 Å². The number of amides is 1. The van der Waals surface area contributed by atoms with Crippen LogP contribution in [0.2, 0.25) is 0 Å². The summed E-state index contributed by atoms with van der Waals surface area (Å²) < 4.78 is 2.61. The molecule has 0 saturated carbocycles. The summed E-state index contributed by atoms with van der Waals surface area (Å²) >= 11 is 3.22. The number of carbonyl (C=O) groups is 1. The molecule has 112 valence electrons. The predicted molar refractivity (Wildman–Crippen MR) is 86.6 cm³/mol. The largest absolute Gasteiger partial charge is 0.352 e. The quantitative estimate of drug-likeness (QED) is 0.901. The Morgan fingerprint density at radius 2 is 2.14 bits per heavy atom. The van der Waals surface area contributed by atoms with E-state index in [9.17, 15) is 4.79 Å². The molecule has 21 heavy (non-hydrogen) atoms. The Morgan fingerprint density at radius 1 is 1.43 bits per heavy atom. The molecule has 0 saturated heterocycles. The molecule has 1 amide bonds. The van der Waals surface area contributed by atoms with Crippen LogP contribution in [0.3, 0.4) is 0 Å². The van der Waals surface area contributed by atoms with Gasteiger partial charge in [0.1, 0.15) is 0 Å². The van der Waals surface area contributed by atoms with Crippen LogP contribution < -0.4 is 5.32 Å². The zero-order valence-corrected chi connectivity index (χ0v) is 14.1. The van der Waals surface area contributed by atoms with Crippen molar-refractivity contribution in [1.82, 2.24) is 19.9 Å². The van der Waals surface area contributed by atoms with Gasteiger partial charge in [0.25, 0.3) is 0 Å². The molecule has 0 fully saturated rings. The minimum atomic E-state index is 0.00569. The van der Waals surface area contributed by atoms with Crippen LogP contribution in [-0.2, 0) is 11.2 Å². The Labute approximate surface area is 132 Å². The Hall–Kier alpha value is -1.69. The van der Waals surface area contributed by atoms with E-state index in [2.05, 4.69) is 37.9 Å². The van der Waals surface area contributed by atoms with Crippen LogP contribution in [0.4, 0.5) is 0 Å². The van der Waals surface area contributed by atoms with E-state index in [0.717, 1.165) is 32.8 Å². The second-order valence-corrected chi connectivity index (χ2v) is 6.23. The van der Waals surface area contributed by atoms with Crippen molar-refractivity contribution in [3.63, 3.8) is 0 Å². The summed E-state index contributed by atoms with van der Waals surface area (Å²) in [6, 6.07) is 1.96. The minimum absolute atomic E-state index is 0.00569. The summed E-state index contributed by atoms with van der Waals surface area (Å²) in [5.74, 6) is 0.00569. The van der Waals surface area contributed by atoms with Crippen molar-refractivity contribution in [2.45, 2.75) is 33.6 Å².